The summed E-state index contributed by atoms with van der Waals surface area (Å²) in [6, 6.07) is 14.0. The van der Waals surface area contributed by atoms with E-state index in [0.29, 0.717) is 12.1 Å². The summed E-state index contributed by atoms with van der Waals surface area (Å²) in [5.41, 5.74) is 1.55. The number of hydrogen-bond acceptors (Lipinski definition) is 3. The highest BCUT2D eigenvalue weighted by Crippen LogP contribution is 2.13. The van der Waals surface area contributed by atoms with Gasteiger partial charge in [0.15, 0.2) is 0 Å². The van der Waals surface area contributed by atoms with E-state index in [2.05, 4.69) is 5.32 Å². The van der Waals surface area contributed by atoms with Gasteiger partial charge in [-0.25, -0.2) is 0 Å². The molecular formula is C16H17NO3. The van der Waals surface area contributed by atoms with Crippen molar-refractivity contribution in [3.05, 3.63) is 59.7 Å². The van der Waals surface area contributed by atoms with Crippen LogP contribution in [0, 0.1) is 0 Å². The van der Waals surface area contributed by atoms with Crippen molar-refractivity contribution in [3.8, 4) is 11.5 Å². The number of phenolic OH excluding ortho intramolecular Hbond substituents is 1. The summed E-state index contributed by atoms with van der Waals surface area (Å²) in [6.45, 7) is 0.529. The van der Waals surface area contributed by atoms with E-state index in [1.54, 1.807) is 19.2 Å². The van der Waals surface area contributed by atoms with Crippen molar-refractivity contribution in [1.82, 2.24) is 5.32 Å². The van der Waals surface area contributed by atoms with Crippen molar-refractivity contribution in [3.63, 3.8) is 0 Å². The Bertz CT molecular complexity index is 596. The molecule has 0 fully saturated rings. The first-order valence-electron chi connectivity index (χ1n) is 6.39. The average molecular weight is 271 g/mol. The molecule has 0 atom stereocenters. The lowest BCUT2D eigenvalue weighted by atomic mass is 10.1. The van der Waals surface area contributed by atoms with Gasteiger partial charge in [0.05, 0.1) is 7.11 Å². The summed E-state index contributed by atoms with van der Waals surface area (Å²) in [5.74, 6) is 0.705. The largest absolute Gasteiger partial charge is 0.508 e. The fraction of sp³-hybridized carbons (Fsp3) is 0.188. The SMILES string of the molecule is COc1cccc(CCNC(=O)c2cccc(O)c2)c1. The minimum Gasteiger partial charge on any atom is -0.508 e. The van der Waals surface area contributed by atoms with E-state index in [4.69, 9.17) is 4.74 Å². The molecule has 2 aromatic rings. The summed E-state index contributed by atoms with van der Waals surface area (Å²) in [6.07, 6.45) is 0.724. The Labute approximate surface area is 118 Å². The molecular weight excluding hydrogens is 254 g/mol. The Kier molecular flexibility index (Phi) is 4.60. The van der Waals surface area contributed by atoms with Crippen molar-refractivity contribution in [2.75, 3.05) is 13.7 Å². The van der Waals surface area contributed by atoms with Crippen LogP contribution in [0.4, 0.5) is 0 Å². The zero-order chi connectivity index (χ0) is 14.4. The highest BCUT2D eigenvalue weighted by Gasteiger charge is 2.05. The first kappa shape index (κ1) is 13.9. The number of phenols is 1. The highest BCUT2D eigenvalue weighted by atomic mass is 16.5. The van der Waals surface area contributed by atoms with Gasteiger partial charge in [-0.15, -0.1) is 0 Å². The number of amides is 1. The van der Waals surface area contributed by atoms with E-state index < -0.39 is 0 Å². The first-order valence-corrected chi connectivity index (χ1v) is 6.39. The van der Waals surface area contributed by atoms with Crippen LogP contribution < -0.4 is 10.1 Å². The van der Waals surface area contributed by atoms with E-state index >= 15 is 0 Å². The zero-order valence-corrected chi connectivity index (χ0v) is 11.3. The van der Waals surface area contributed by atoms with Crippen molar-refractivity contribution >= 4 is 5.91 Å². The van der Waals surface area contributed by atoms with Crippen LogP contribution in [-0.4, -0.2) is 24.7 Å². The van der Waals surface area contributed by atoms with Crippen LogP contribution in [0.2, 0.25) is 0 Å². The van der Waals surface area contributed by atoms with Gasteiger partial charge >= 0.3 is 0 Å². The summed E-state index contributed by atoms with van der Waals surface area (Å²) in [7, 11) is 1.63. The number of carbonyl (C=O) groups excluding carboxylic acids is 1. The smallest absolute Gasteiger partial charge is 0.251 e. The molecule has 0 saturated carbocycles. The summed E-state index contributed by atoms with van der Waals surface area (Å²) in [5, 5.41) is 12.2. The molecule has 1 amide bonds. The molecule has 0 radical (unpaired) electrons. The maximum Gasteiger partial charge on any atom is 0.251 e. The van der Waals surface area contributed by atoms with Gasteiger partial charge < -0.3 is 15.2 Å². The highest BCUT2D eigenvalue weighted by molar-refractivity contribution is 5.94. The van der Waals surface area contributed by atoms with Gasteiger partial charge in [0.25, 0.3) is 5.91 Å². The number of ether oxygens (including phenoxy) is 1. The van der Waals surface area contributed by atoms with Crippen molar-refractivity contribution in [2.24, 2.45) is 0 Å². The fourth-order valence-electron chi connectivity index (χ4n) is 1.90. The molecule has 0 aliphatic heterocycles. The van der Waals surface area contributed by atoms with Gasteiger partial charge in [-0.2, -0.15) is 0 Å². The van der Waals surface area contributed by atoms with E-state index in [1.165, 1.54) is 12.1 Å². The molecule has 4 heteroatoms. The molecule has 0 bridgehead atoms. The van der Waals surface area contributed by atoms with Crippen LogP contribution in [0.1, 0.15) is 15.9 Å². The van der Waals surface area contributed by atoms with Crippen LogP contribution >= 0.6 is 0 Å². The Morgan fingerprint density at radius 3 is 2.75 bits per heavy atom. The van der Waals surface area contributed by atoms with Crippen LogP contribution in [0.5, 0.6) is 11.5 Å². The van der Waals surface area contributed by atoms with Crippen molar-refractivity contribution in [1.29, 1.82) is 0 Å². The number of methoxy groups -OCH3 is 1. The molecule has 0 heterocycles. The average Bonchev–Trinajstić information content (AvgIpc) is 2.47. The minimum absolute atomic E-state index is 0.0884. The Morgan fingerprint density at radius 1 is 1.20 bits per heavy atom. The number of benzene rings is 2. The molecule has 0 spiro atoms. The number of hydrogen-bond donors (Lipinski definition) is 2. The third kappa shape index (κ3) is 3.75. The number of carbonyl (C=O) groups is 1. The van der Waals surface area contributed by atoms with Crippen molar-refractivity contribution < 1.29 is 14.6 Å². The van der Waals surface area contributed by atoms with E-state index in [0.717, 1.165) is 17.7 Å². The molecule has 0 aliphatic rings. The standard InChI is InChI=1S/C16H17NO3/c1-20-15-7-2-4-12(10-15)8-9-17-16(19)13-5-3-6-14(18)11-13/h2-7,10-11,18H,8-9H2,1H3,(H,17,19). The molecule has 2 rings (SSSR count). The second-order valence-corrected chi connectivity index (χ2v) is 4.41. The predicted octanol–water partition coefficient (Wildman–Crippen LogP) is 2.37. The summed E-state index contributed by atoms with van der Waals surface area (Å²) < 4.78 is 5.15. The van der Waals surface area contributed by atoms with Crippen LogP contribution in [0.25, 0.3) is 0 Å². The third-order valence-corrected chi connectivity index (χ3v) is 2.94. The summed E-state index contributed by atoms with van der Waals surface area (Å²) >= 11 is 0. The second-order valence-electron chi connectivity index (χ2n) is 4.41. The lowest BCUT2D eigenvalue weighted by Crippen LogP contribution is -2.25. The minimum atomic E-state index is -0.191. The van der Waals surface area contributed by atoms with Crippen molar-refractivity contribution in [2.45, 2.75) is 6.42 Å². The Balaban J connectivity index is 1.88. The topological polar surface area (TPSA) is 58.6 Å². The molecule has 0 aromatic heterocycles. The van der Waals surface area contributed by atoms with Crippen LogP contribution in [0.15, 0.2) is 48.5 Å². The number of aromatic hydroxyl groups is 1. The molecule has 4 nitrogen and oxygen atoms in total. The second kappa shape index (κ2) is 6.61. The Morgan fingerprint density at radius 2 is 2.00 bits per heavy atom. The third-order valence-electron chi connectivity index (χ3n) is 2.94. The molecule has 2 N–H and O–H groups in total. The zero-order valence-electron chi connectivity index (χ0n) is 11.3. The molecule has 0 saturated heterocycles. The molecule has 0 aliphatic carbocycles. The normalized spacial score (nSPS) is 10.1. The maximum absolute atomic E-state index is 11.9. The predicted molar refractivity (Wildman–Crippen MR) is 77.1 cm³/mol. The quantitative estimate of drug-likeness (QED) is 0.877. The monoisotopic (exact) mass is 271 g/mol. The van der Waals surface area contributed by atoms with Crippen LogP contribution in [-0.2, 0) is 6.42 Å². The number of rotatable bonds is 5. The van der Waals surface area contributed by atoms with Gasteiger partial charge in [0.2, 0.25) is 0 Å². The molecule has 2 aromatic carbocycles. The van der Waals surface area contributed by atoms with Gasteiger partial charge in [-0.1, -0.05) is 18.2 Å². The molecule has 20 heavy (non-hydrogen) atoms. The molecule has 104 valence electrons. The lowest BCUT2D eigenvalue weighted by molar-refractivity contribution is 0.0953. The van der Waals surface area contributed by atoms with Crippen LogP contribution in [0.3, 0.4) is 0 Å². The van der Waals surface area contributed by atoms with Gasteiger partial charge in [0.1, 0.15) is 11.5 Å². The lowest BCUT2D eigenvalue weighted by Gasteiger charge is -2.07. The molecule has 0 unspecified atom stereocenters. The fourth-order valence-corrected chi connectivity index (χ4v) is 1.90. The van der Waals surface area contributed by atoms with E-state index in [9.17, 15) is 9.90 Å². The number of nitrogens with one attached hydrogen (secondary N) is 1. The first-order chi connectivity index (χ1) is 9.69. The van der Waals surface area contributed by atoms with E-state index in [-0.39, 0.29) is 11.7 Å². The van der Waals surface area contributed by atoms with E-state index in [1.807, 2.05) is 24.3 Å². The Hall–Kier alpha value is -2.49. The maximum atomic E-state index is 11.9. The summed E-state index contributed by atoms with van der Waals surface area (Å²) in [4.78, 5) is 11.9. The van der Waals surface area contributed by atoms with Gasteiger partial charge in [-0.05, 0) is 42.3 Å². The van der Waals surface area contributed by atoms with Gasteiger partial charge in [0, 0.05) is 12.1 Å². The van der Waals surface area contributed by atoms with Gasteiger partial charge in [-0.3, -0.25) is 4.79 Å².